The maximum atomic E-state index is 12.0. The van der Waals surface area contributed by atoms with Gasteiger partial charge in [-0.1, -0.05) is 24.3 Å². The summed E-state index contributed by atoms with van der Waals surface area (Å²) in [5, 5.41) is 6.59. The van der Waals surface area contributed by atoms with Crippen molar-refractivity contribution >= 4 is 23.5 Å². The fraction of sp³-hybridized carbons (Fsp3) is 0.375. The van der Waals surface area contributed by atoms with E-state index < -0.39 is 0 Å². The minimum Gasteiger partial charge on any atom is -0.357 e. The Morgan fingerprint density at radius 2 is 1.71 bits per heavy atom. The first-order chi connectivity index (χ1) is 15.0. The summed E-state index contributed by atoms with van der Waals surface area (Å²) in [5.41, 5.74) is 3.78. The molecule has 0 saturated carbocycles. The van der Waals surface area contributed by atoms with E-state index in [1.54, 1.807) is 19.0 Å². The van der Waals surface area contributed by atoms with E-state index in [0.717, 1.165) is 42.3 Å². The van der Waals surface area contributed by atoms with E-state index in [4.69, 9.17) is 0 Å². The zero-order chi connectivity index (χ0) is 22.2. The minimum atomic E-state index is -0.00507. The molecule has 1 aliphatic heterocycles. The third-order valence-electron chi connectivity index (χ3n) is 5.15. The first kappa shape index (κ1) is 22.3. The van der Waals surface area contributed by atoms with Crippen LogP contribution in [0.15, 0.2) is 53.5 Å². The molecule has 2 aromatic rings. The maximum Gasteiger partial charge on any atom is 0.253 e. The lowest BCUT2D eigenvalue weighted by Crippen LogP contribution is -2.36. The van der Waals surface area contributed by atoms with Crippen molar-refractivity contribution in [3.05, 3.63) is 65.2 Å². The number of nitrogens with zero attached hydrogens (tertiary/aromatic N) is 3. The molecule has 0 bridgehead atoms. The molecule has 1 heterocycles. The Labute approximate surface area is 184 Å². The molecule has 31 heavy (non-hydrogen) atoms. The number of guanidine groups is 1. The van der Waals surface area contributed by atoms with Crippen LogP contribution in [-0.4, -0.2) is 49.9 Å². The number of amides is 2. The van der Waals surface area contributed by atoms with Crippen LogP contribution in [0.2, 0.25) is 0 Å². The van der Waals surface area contributed by atoms with E-state index in [2.05, 4.69) is 15.6 Å². The summed E-state index contributed by atoms with van der Waals surface area (Å²) in [6.07, 6.45) is 1.57. The Morgan fingerprint density at radius 1 is 1.03 bits per heavy atom. The lowest BCUT2D eigenvalue weighted by Gasteiger charge is -2.16. The summed E-state index contributed by atoms with van der Waals surface area (Å²) >= 11 is 0. The standard InChI is InChI=1S/C24H31N5O2/c1-4-25-24(26-16-18-7-11-20(12-8-18)23(31)28(2)3)27-17-19-9-13-21(14-10-19)29-15-5-6-22(29)30/h7-14H,4-6,15-17H2,1-3H3,(H2,25,26,27). The molecule has 0 aromatic heterocycles. The Hall–Kier alpha value is -3.35. The highest BCUT2D eigenvalue weighted by Gasteiger charge is 2.21. The molecule has 3 rings (SSSR count). The Morgan fingerprint density at radius 3 is 2.29 bits per heavy atom. The van der Waals surface area contributed by atoms with Gasteiger partial charge >= 0.3 is 0 Å². The van der Waals surface area contributed by atoms with Gasteiger partial charge in [-0.25, -0.2) is 4.99 Å². The second kappa shape index (κ2) is 10.6. The van der Waals surface area contributed by atoms with Crippen molar-refractivity contribution in [3.8, 4) is 0 Å². The average molecular weight is 422 g/mol. The number of hydrogen-bond donors (Lipinski definition) is 2. The number of nitrogens with one attached hydrogen (secondary N) is 2. The summed E-state index contributed by atoms with van der Waals surface area (Å²) in [6, 6.07) is 15.6. The highest BCUT2D eigenvalue weighted by Crippen LogP contribution is 2.21. The number of carbonyl (C=O) groups is 2. The minimum absolute atomic E-state index is 0.00507. The van der Waals surface area contributed by atoms with Crippen LogP contribution < -0.4 is 15.5 Å². The van der Waals surface area contributed by atoms with E-state index in [0.29, 0.717) is 25.1 Å². The largest absolute Gasteiger partial charge is 0.357 e. The zero-order valence-corrected chi connectivity index (χ0v) is 18.5. The molecule has 0 atom stereocenters. The normalized spacial score (nSPS) is 14.0. The van der Waals surface area contributed by atoms with Gasteiger partial charge in [0, 0.05) is 51.4 Å². The number of rotatable bonds is 7. The smallest absolute Gasteiger partial charge is 0.253 e. The number of anilines is 1. The number of carbonyl (C=O) groups excluding carboxylic acids is 2. The van der Waals surface area contributed by atoms with E-state index >= 15 is 0 Å². The molecule has 1 fully saturated rings. The molecule has 164 valence electrons. The quantitative estimate of drug-likeness (QED) is 0.532. The Balaban J connectivity index is 1.57. The number of hydrogen-bond acceptors (Lipinski definition) is 3. The van der Waals surface area contributed by atoms with Gasteiger partial charge in [0.15, 0.2) is 5.96 Å². The molecular formula is C24H31N5O2. The summed E-state index contributed by atoms with van der Waals surface area (Å²) in [5.74, 6) is 0.924. The van der Waals surface area contributed by atoms with Crippen LogP contribution in [-0.2, 0) is 17.9 Å². The van der Waals surface area contributed by atoms with Gasteiger partial charge in [-0.15, -0.1) is 0 Å². The molecule has 0 radical (unpaired) electrons. The van der Waals surface area contributed by atoms with Gasteiger partial charge in [-0.05, 0) is 48.7 Å². The van der Waals surface area contributed by atoms with E-state index in [-0.39, 0.29) is 11.8 Å². The molecule has 2 aromatic carbocycles. The van der Waals surface area contributed by atoms with Crippen LogP contribution in [0.4, 0.5) is 5.69 Å². The fourth-order valence-corrected chi connectivity index (χ4v) is 3.42. The molecule has 1 saturated heterocycles. The summed E-state index contributed by atoms with van der Waals surface area (Å²) in [7, 11) is 3.49. The third-order valence-corrected chi connectivity index (χ3v) is 5.15. The molecule has 0 unspecified atom stereocenters. The second-order valence-electron chi connectivity index (χ2n) is 7.76. The topological polar surface area (TPSA) is 77.0 Å². The highest BCUT2D eigenvalue weighted by molar-refractivity contribution is 5.95. The fourth-order valence-electron chi connectivity index (χ4n) is 3.42. The van der Waals surface area contributed by atoms with Gasteiger partial charge in [0.1, 0.15) is 0 Å². The van der Waals surface area contributed by atoms with Crippen LogP contribution in [0.1, 0.15) is 41.3 Å². The zero-order valence-electron chi connectivity index (χ0n) is 18.5. The van der Waals surface area contributed by atoms with Crippen molar-refractivity contribution in [3.63, 3.8) is 0 Å². The highest BCUT2D eigenvalue weighted by atomic mass is 16.2. The SMILES string of the molecule is CCNC(=NCc1ccc(N2CCCC2=O)cc1)NCc1ccc(C(=O)N(C)C)cc1. The molecule has 2 amide bonds. The van der Waals surface area contributed by atoms with Crippen molar-refractivity contribution in [1.29, 1.82) is 0 Å². The lowest BCUT2D eigenvalue weighted by atomic mass is 10.1. The first-order valence-electron chi connectivity index (χ1n) is 10.7. The van der Waals surface area contributed by atoms with E-state index in [9.17, 15) is 9.59 Å². The second-order valence-corrected chi connectivity index (χ2v) is 7.76. The molecular weight excluding hydrogens is 390 g/mol. The monoisotopic (exact) mass is 421 g/mol. The summed E-state index contributed by atoms with van der Waals surface area (Å²) in [6.45, 7) is 4.74. The van der Waals surface area contributed by atoms with Crippen molar-refractivity contribution in [1.82, 2.24) is 15.5 Å². The number of aliphatic imine (C=N–C) groups is 1. The molecule has 7 heteroatoms. The number of benzene rings is 2. The van der Waals surface area contributed by atoms with Crippen molar-refractivity contribution in [2.75, 3.05) is 32.1 Å². The third kappa shape index (κ3) is 6.07. The molecule has 1 aliphatic rings. The van der Waals surface area contributed by atoms with Gasteiger partial charge in [0.2, 0.25) is 5.91 Å². The summed E-state index contributed by atoms with van der Waals surface area (Å²) in [4.78, 5) is 32.0. The van der Waals surface area contributed by atoms with Crippen LogP contribution in [0.5, 0.6) is 0 Å². The lowest BCUT2D eigenvalue weighted by molar-refractivity contribution is -0.117. The first-order valence-corrected chi connectivity index (χ1v) is 10.7. The van der Waals surface area contributed by atoms with Crippen LogP contribution >= 0.6 is 0 Å². The van der Waals surface area contributed by atoms with Crippen molar-refractivity contribution in [2.24, 2.45) is 4.99 Å². The van der Waals surface area contributed by atoms with E-state index in [1.807, 2.05) is 60.4 Å². The Bertz CT molecular complexity index is 920. The average Bonchev–Trinajstić information content (AvgIpc) is 3.21. The predicted octanol–water partition coefficient (Wildman–Crippen LogP) is 2.77. The van der Waals surface area contributed by atoms with E-state index in [1.165, 1.54) is 0 Å². The molecule has 0 spiro atoms. The van der Waals surface area contributed by atoms with Crippen LogP contribution in [0, 0.1) is 0 Å². The molecule has 7 nitrogen and oxygen atoms in total. The van der Waals surface area contributed by atoms with Crippen LogP contribution in [0.25, 0.3) is 0 Å². The van der Waals surface area contributed by atoms with Gasteiger partial charge in [-0.2, -0.15) is 0 Å². The Kier molecular flexibility index (Phi) is 7.65. The van der Waals surface area contributed by atoms with Gasteiger partial charge in [-0.3, -0.25) is 9.59 Å². The predicted molar refractivity (Wildman–Crippen MR) is 124 cm³/mol. The van der Waals surface area contributed by atoms with Gasteiger partial charge < -0.3 is 20.4 Å². The summed E-state index contributed by atoms with van der Waals surface area (Å²) < 4.78 is 0. The van der Waals surface area contributed by atoms with Gasteiger partial charge in [0.25, 0.3) is 5.91 Å². The van der Waals surface area contributed by atoms with Crippen molar-refractivity contribution in [2.45, 2.75) is 32.9 Å². The van der Waals surface area contributed by atoms with Crippen LogP contribution in [0.3, 0.4) is 0 Å². The van der Waals surface area contributed by atoms with Crippen molar-refractivity contribution < 1.29 is 9.59 Å². The maximum absolute atomic E-state index is 12.0. The molecule has 0 aliphatic carbocycles. The van der Waals surface area contributed by atoms with Gasteiger partial charge in [0.05, 0.1) is 6.54 Å². The molecule has 2 N–H and O–H groups in total.